The number of rotatable bonds is 3. The maximum atomic E-state index is 8.99. The van der Waals surface area contributed by atoms with Gasteiger partial charge in [-0.05, 0) is 19.2 Å². The molecule has 0 fully saturated rings. The number of pyridine rings is 1. The molecule has 0 saturated heterocycles. The molecule has 0 aliphatic rings. The van der Waals surface area contributed by atoms with E-state index in [9.17, 15) is 0 Å². The molecule has 1 rings (SSSR count). The Morgan fingerprint density at radius 3 is 2.77 bits per heavy atom. The number of halogens is 2. The molecule has 72 valence electrons. The van der Waals surface area contributed by atoms with Gasteiger partial charge in [0.15, 0.2) is 0 Å². The molecule has 0 saturated carbocycles. The first-order valence-corrected chi connectivity index (χ1v) is 4.54. The Bertz CT molecular complexity index is 289. The Hall–Kier alpha value is -0.350. The quantitative estimate of drug-likeness (QED) is 0.762. The summed E-state index contributed by atoms with van der Waals surface area (Å²) in [4.78, 5) is 4.03. The standard InChI is InChI=1S/C8H10Cl2N2O/c1-11-6(4-13)8-5(9)2-3-7(10)12-8/h2-3,6,11,13H,4H2,1H3/t6-/m1/s1. The molecule has 0 amide bonds. The van der Waals surface area contributed by atoms with Crippen molar-refractivity contribution in [2.75, 3.05) is 13.7 Å². The van der Waals surface area contributed by atoms with Crippen LogP contribution in [0.1, 0.15) is 11.7 Å². The Morgan fingerprint density at radius 2 is 2.23 bits per heavy atom. The molecule has 3 nitrogen and oxygen atoms in total. The fraction of sp³-hybridized carbons (Fsp3) is 0.375. The number of aliphatic hydroxyl groups excluding tert-OH is 1. The van der Waals surface area contributed by atoms with Gasteiger partial charge in [-0.1, -0.05) is 23.2 Å². The van der Waals surface area contributed by atoms with Gasteiger partial charge in [0.1, 0.15) is 5.15 Å². The van der Waals surface area contributed by atoms with Gasteiger partial charge in [0.25, 0.3) is 0 Å². The van der Waals surface area contributed by atoms with Gasteiger partial charge < -0.3 is 10.4 Å². The molecule has 0 bridgehead atoms. The fourth-order valence-corrected chi connectivity index (χ4v) is 1.38. The summed E-state index contributed by atoms with van der Waals surface area (Å²) in [5.74, 6) is 0. The van der Waals surface area contributed by atoms with Gasteiger partial charge in [-0.3, -0.25) is 0 Å². The molecule has 13 heavy (non-hydrogen) atoms. The summed E-state index contributed by atoms with van der Waals surface area (Å²) in [6.07, 6.45) is 0. The Balaban J connectivity index is 3.03. The molecule has 0 spiro atoms. The SMILES string of the molecule is CN[C@H](CO)c1nc(Cl)ccc1Cl. The minimum atomic E-state index is -0.272. The largest absolute Gasteiger partial charge is 0.394 e. The smallest absolute Gasteiger partial charge is 0.129 e. The Labute approximate surface area is 86.7 Å². The molecule has 1 aromatic rings. The zero-order valence-corrected chi connectivity index (χ0v) is 8.60. The zero-order chi connectivity index (χ0) is 9.84. The third-order valence-corrected chi connectivity index (χ3v) is 2.23. The summed E-state index contributed by atoms with van der Waals surface area (Å²) in [7, 11) is 1.72. The van der Waals surface area contributed by atoms with Crippen LogP contribution < -0.4 is 5.32 Å². The monoisotopic (exact) mass is 220 g/mol. The van der Waals surface area contributed by atoms with E-state index in [-0.39, 0.29) is 12.6 Å². The van der Waals surface area contributed by atoms with Gasteiger partial charge in [-0.15, -0.1) is 0 Å². The van der Waals surface area contributed by atoms with Crippen molar-refractivity contribution in [2.45, 2.75) is 6.04 Å². The Morgan fingerprint density at radius 1 is 1.54 bits per heavy atom. The predicted molar refractivity (Wildman–Crippen MR) is 53.1 cm³/mol. The molecule has 0 aliphatic heterocycles. The van der Waals surface area contributed by atoms with Crippen LogP contribution >= 0.6 is 23.2 Å². The summed E-state index contributed by atoms with van der Waals surface area (Å²) in [5.41, 5.74) is 0.569. The summed E-state index contributed by atoms with van der Waals surface area (Å²) in [5, 5.41) is 12.7. The van der Waals surface area contributed by atoms with E-state index >= 15 is 0 Å². The fourth-order valence-electron chi connectivity index (χ4n) is 0.992. The first-order chi connectivity index (χ1) is 6.19. The van der Waals surface area contributed by atoms with E-state index in [2.05, 4.69) is 10.3 Å². The maximum Gasteiger partial charge on any atom is 0.129 e. The van der Waals surface area contributed by atoms with Crippen LogP contribution in [0.4, 0.5) is 0 Å². The normalized spacial score (nSPS) is 12.9. The first kappa shape index (κ1) is 10.7. The lowest BCUT2D eigenvalue weighted by Gasteiger charge is -2.13. The lowest BCUT2D eigenvalue weighted by molar-refractivity contribution is 0.248. The summed E-state index contributed by atoms with van der Waals surface area (Å²) in [6.45, 7) is -0.0659. The van der Waals surface area contributed by atoms with Gasteiger partial charge in [0, 0.05) is 0 Å². The number of aliphatic hydroxyl groups is 1. The molecule has 0 radical (unpaired) electrons. The van der Waals surface area contributed by atoms with Gasteiger partial charge in [0.05, 0.1) is 23.4 Å². The maximum absolute atomic E-state index is 8.99. The number of nitrogens with one attached hydrogen (secondary N) is 1. The van der Waals surface area contributed by atoms with E-state index in [4.69, 9.17) is 28.3 Å². The van der Waals surface area contributed by atoms with Crippen LogP contribution in [0.25, 0.3) is 0 Å². The number of aromatic nitrogens is 1. The van der Waals surface area contributed by atoms with Crippen LogP contribution in [-0.2, 0) is 0 Å². The van der Waals surface area contributed by atoms with E-state index in [0.29, 0.717) is 15.9 Å². The average Bonchev–Trinajstić information content (AvgIpc) is 2.13. The molecular weight excluding hydrogens is 211 g/mol. The van der Waals surface area contributed by atoms with Gasteiger partial charge in [-0.2, -0.15) is 0 Å². The third kappa shape index (κ3) is 2.54. The van der Waals surface area contributed by atoms with Crippen molar-refractivity contribution < 1.29 is 5.11 Å². The van der Waals surface area contributed by atoms with Crippen LogP contribution in [0.2, 0.25) is 10.2 Å². The van der Waals surface area contributed by atoms with Crippen molar-refractivity contribution in [3.8, 4) is 0 Å². The van der Waals surface area contributed by atoms with Gasteiger partial charge >= 0.3 is 0 Å². The molecule has 0 aliphatic carbocycles. The highest BCUT2D eigenvalue weighted by molar-refractivity contribution is 6.32. The van der Waals surface area contributed by atoms with Crippen LogP contribution in [-0.4, -0.2) is 23.7 Å². The highest BCUT2D eigenvalue weighted by atomic mass is 35.5. The van der Waals surface area contributed by atoms with Crippen LogP contribution in [0.3, 0.4) is 0 Å². The molecule has 0 unspecified atom stereocenters. The number of nitrogens with zero attached hydrogens (tertiary/aromatic N) is 1. The average molecular weight is 221 g/mol. The molecule has 2 N–H and O–H groups in total. The van der Waals surface area contributed by atoms with Gasteiger partial charge in [-0.25, -0.2) is 4.98 Å². The number of hydrogen-bond acceptors (Lipinski definition) is 3. The Kier molecular flexibility index (Phi) is 3.93. The highest BCUT2D eigenvalue weighted by Crippen LogP contribution is 2.22. The second-order valence-corrected chi connectivity index (χ2v) is 3.32. The molecule has 1 aromatic heterocycles. The van der Waals surface area contributed by atoms with Crippen molar-refractivity contribution in [1.82, 2.24) is 10.3 Å². The van der Waals surface area contributed by atoms with E-state index in [1.165, 1.54) is 0 Å². The lowest BCUT2D eigenvalue weighted by Crippen LogP contribution is -2.21. The predicted octanol–water partition coefficient (Wildman–Crippen LogP) is 1.64. The van der Waals surface area contributed by atoms with Crippen molar-refractivity contribution in [3.05, 3.63) is 28.0 Å². The third-order valence-electron chi connectivity index (χ3n) is 1.70. The summed E-state index contributed by atoms with van der Waals surface area (Å²) >= 11 is 11.6. The zero-order valence-electron chi connectivity index (χ0n) is 7.09. The van der Waals surface area contributed by atoms with Crippen molar-refractivity contribution in [2.24, 2.45) is 0 Å². The van der Waals surface area contributed by atoms with Crippen molar-refractivity contribution in [3.63, 3.8) is 0 Å². The molecule has 5 heteroatoms. The van der Waals surface area contributed by atoms with E-state index in [1.54, 1.807) is 19.2 Å². The number of likely N-dealkylation sites (N-methyl/N-ethyl adjacent to an activating group) is 1. The molecule has 0 aromatic carbocycles. The first-order valence-electron chi connectivity index (χ1n) is 3.79. The second kappa shape index (κ2) is 4.77. The van der Waals surface area contributed by atoms with E-state index in [1.807, 2.05) is 0 Å². The van der Waals surface area contributed by atoms with E-state index < -0.39 is 0 Å². The minimum Gasteiger partial charge on any atom is -0.394 e. The van der Waals surface area contributed by atoms with Crippen LogP contribution in [0, 0.1) is 0 Å². The summed E-state index contributed by atoms with van der Waals surface area (Å²) < 4.78 is 0. The highest BCUT2D eigenvalue weighted by Gasteiger charge is 2.13. The molecule has 1 atom stereocenters. The van der Waals surface area contributed by atoms with Crippen LogP contribution in [0.15, 0.2) is 12.1 Å². The van der Waals surface area contributed by atoms with Crippen molar-refractivity contribution >= 4 is 23.2 Å². The topological polar surface area (TPSA) is 45.1 Å². The van der Waals surface area contributed by atoms with Crippen LogP contribution in [0.5, 0.6) is 0 Å². The minimum absolute atomic E-state index is 0.0659. The number of hydrogen-bond donors (Lipinski definition) is 2. The molecular formula is C8H10Cl2N2O. The van der Waals surface area contributed by atoms with Crippen molar-refractivity contribution in [1.29, 1.82) is 0 Å². The lowest BCUT2D eigenvalue weighted by atomic mass is 10.2. The summed E-state index contributed by atoms with van der Waals surface area (Å²) in [6, 6.07) is 3.00. The molecule has 1 heterocycles. The van der Waals surface area contributed by atoms with E-state index in [0.717, 1.165) is 0 Å². The van der Waals surface area contributed by atoms with Gasteiger partial charge in [0.2, 0.25) is 0 Å². The second-order valence-electron chi connectivity index (χ2n) is 2.52.